The molecule has 1 fully saturated rings. The van der Waals surface area contributed by atoms with Crippen molar-refractivity contribution in [3.8, 4) is 5.75 Å². The van der Waals surface area contributed by atoms with E-state index in [4.69, 9.17) is 18.6 Å². The Morgan fingerprint density at radius 1 is 0.911 bits per heavy atom. The molecule has 0 aromatic heterocycles. The second-order valence-corrected chi connectivity index (χ2v) is 26.3. The van der Waals surface area contributed by atoms with Gasteiger partial charge in [0.2, 0.25) is 0 Å². The van der Waals surface area contributed by atoms with E-state index < -0.39 is 22.7 Å². The Morgan fingerprint density at radius 3 is 2.13 bits per heavy atom. The van der Waals surface area contributed by atoms with Crippen LogP contribution >= 0.6 is 0 Å². The van der Waals surface area contributed by atoms with Crippen LogP contribution in [0.3, 0.4) is 0 Å². The van der Waals surface area contributed by atoms with Gasteiger partial charge in [-0.1, -0.05) is 134 Å². The molecule has 6 heteroatoms. The number of unbranched alkanes of at least 4 members (excludes halogenated alkanes) is 5. The van der Waals surface area contributed by atoms with Gasteiger partial charge in [0.1, 0.15) is 11.9 Å². The summed E-state index contributed by atoms with van der Waals surface area (Å²) in [5.41, 5.74) is 2.36. The molecule has 2 rings (SSSR count). The van der Waals surface area contributed by atoms with Crippen LogP contribution in [0.5, 0.6) is 5.75 Å². The largest absolute Gasteiger partial charge is 0.497 e. The Morgan fingerprint density at radius 2 is 1.56 bits per heavy atom. The summed E-state index contributed by atoms with van der Waals surface area (Å²) >= 11 is 0. The van der Waals surface area contributed by atoms with Crippen molar-refractivity contribution in [2.75, 3.05) is 13.7 Å². The summed E-state index contributed by atoms with van der Waals surface area (Å²) in [5.74, 6) is 0.829. The molecule has 1 saturated heterocycles. The van der Waals surface area contributed by atoms with Crippen molar-refractivity contribution in [2.24, 2.45) is 0 Å². The minimum Gasteiger partial charge on any atom is -0.497 e. The molecule has 0 saturated carbocycles. The zero-order valence-corrected chi connectivity index (χ0v) is 33.3. The number of benzene rings is 1. The molecule has 1 aromatic carbocycles. The predicted octanol–water partition coefficient (Wildman–Crippen LogP) is 12.1. The van der Waals surface area contributed by atoms with E-state index in [2.05, 4.69) is 106 Å². The zero-order chi connectivity index (χ0) is 33.9. The smallest absolute Gasteiger partial charge is 0.192 e. The predicted molar refractivity (Wildman–Crippen MR) is 199 cm³/mol. The molecule has 0 aliphatic carbocycles. The Bertz CT molecular complexity index is 1100. The lowest BCUT2D eigenvalue weighted by molar-refractivity contribution is -0.240. The molecule has 1 aromatic rings. The maximum absolute atomic E-state index is 7.02. The highest BCUT2D eigenvalue weighted by atomic mass is 28.4. The summed E-state index contributed by atoms with van der Waals surface area (Å²) in [6, 6.07) is 8.03. The van der Waals surface area contributed by atoms with Crippen LogP contribution in [-0.2, 0) is 13.9 Å². The molecule has 256 valence electrons. The Balaban J connectivity index is 2.36. The lowest BCUT2D eigenvalue weighted by Gasteiger charge is -2.45. The number of hydrogen-bond acceptors (Lipinski definition) is 4. The summed E-state index contributed by atoms with van der Waals surface area (Å²) in [6.45, 7) is 28.8. The van der Waals surface area contributed by atoms with Crippen LogP contribution in [0.1, 0.15) is 119 Å². The summed E-state index contributed by atoms with van der Waals surface area (Å²) in [7, 11) is -2.21. The topological polar surface area (TPSA) is 36.9 Å². The van der Waals surface area contributed by atoms with Gasteiger partial charge in [0.15, 0.2) is 14.6 Å². The number of hydrogen-bond donors (Lipinski definition) is 0. The quantitative estimate of drug-likeness (QED) is 0.101. The van der Waals surface area contributed by atoms with E-state index >= 15 is 0 Å². The van der Waals surface area contributed by atoms with Crippen molar-refractivity contribution in [1.29, 1.82) is 0 Å². The van der Waals surface area contributed by atoms with Crippen LogP contribution in [0.4, 0.5) is 0 Å². The third-order valence-electron chi connectivity index (χ3n) is 10.5. The molecule has 1 aliphatic heterocycles. The third-order valence-corrected chi connectivity index (χ3v) is 20.8. The highest BCUT2D eigenvalue weighted by Gasteiger charge is 2.44. The Kier molecular flexibility index (Phi) is 15.6. The van der Waals surface area contributed by atoms with E-state index in [0.29, 0.717) is 6.61 Å². The minimum atomic E-state index is -2.06. The van der Waals surface area contributed by atoms with Crippen LogP contribution in [0.15, 0.2) is 59.3 Å². The van der Waals surface area contributed by atoms with E-state index in [9.17, 15) is 0 Å². The highest BCUT2D eigenvalue weighted by molar-refractivity contribution is 6.86. The Hall–Kier alpha value is -1.45. The van der Waals surface area contributed by atoms with Crippen LogP contribution in [-0.4, -0.2) is 42.3 Å². The number of allylic oxidation sites excluding steroid dienone is 5. The molecule has 45 heavy (non-hydrogen) atoms. The van der Waals surface area contributed by atoms with Gasteiger partial charge in [0, 0.05) is 5.56 Å². The lowest BCUT2D eigenvalue weighted by atomic mass is 10.1. The SMILES string of the molecule is CCCCCCC/C=C/C(C)=C/CC/C(=C/[C@H]1O[C@@H](c2ccc(OC)cc2)OC[C@H]1O[Si](C)(C)C(C)(C)C)[Si](C)(C)C(C)(C)C. The molecule has 0 bridgehead atoms. The van der Waals surface area contributed by atoms with Gasteiger partial charge in [-0.05, 0) is 67.9 Å². The van der Waals surface area contributed by atoms with Crippen LogP contribution in [0.25, 0.3) is 0 Å². The number of rotatable bonds is 16. The molecule has 0 spiro atoms. The fourth-order valence-electron chi connectivity index (χ4n) is 5.23. The number of ether oxygens (including phenoxy) is 3. The van der Waals surface area contributed by atoms with Gasteiger partial charge < -0.3 is 18.6 Å². The maximum atomic E-state index is 7.02. The van der Waals surface area contributed by atoms with Crippen molar-refractivity contribution in [3.05, 3.63) is 64.9 Å². The van der Waals surface area contributed by atoms with Gasteiger partial charge in [-0.2, -0.15) is 0 Å². The molecule has 4 nitrogen and oxygen atoms in total. The number of methoxy groups -OCH3 is 1. The fourth-order valence-corrected chi connectivity index (χ4v) is 8.85. The first-order valence-corrected chi connectivity index (χ1v) is 23.5. The van der Waals surface area contributed by atoms with E-state index in [0.717, 1.165) is 24.2 Å². The van der Waals surface area contributed by atoms with Crippen molar-refractivity contribution in [1.82, 2.24) is 0 Å². The van der Waals surface area contributed by atoms with Gasteiger partial charge in [0.05, 0.1) is 27.9 Å². The molecule has 0 N–H and O–H groups in total. The van der Waals surface area contributed by atoms with Gasteiger partial charge in [-0.15, -0.1) is 0 Å². The standard InChI is InChI=1S/C39H68O4Si2/c1-14-15-16-17-18-19-20-22-31(2)23-21-24-34(44(10,11)38(3,4)5)29-35-36(43-45(12,13)39(6,7)8)30-41-37(42-35)32-25-27-33(40-9)28-26-32/h20,22-23,25-29,35-37H,14-19,21,24,30H2,1-13H3/b22-20+,31-23+,34-29-/t35-,36-,37+/m1/s1. The third kappa shape index (κ3) is 12.3. The van der Waals surface area contributed by atoms with Crippen molar-refractivity contribution in [3.63, 3.8) is 0 Å². The summed E-state index contributed by atoms with van der Waals surface area (Å²) in [5, 5.41) is 1.87. The second kappa shape index (κ2) is 17.6. The highest BCUT2D eigenvalue weighted by Crippen LogP contribution is 2.44. The molecule has 1 heterocycles. The van der Waals surface area contributed by atoms with Crippen LogP contribution in [0.2, 0.25) is 36.3 Å². The van der Waals surface area contributed by atoms with Gasteiger partial charge >= 0.3 is 0 Å². The van der Waals surface area contributed by atoms with E-state index in [1.807, 2.05) is 24.3 Å². The first-order chi connectivity index (χ1) is 20.9. The van der Waals surface area contributed by atoms with Crippen molar-refractivity contribution in [2.45, 2.75) is 162 Å². The normalized spacial score (nSPS) is 21.0. The van der Waals surface area contributed by atoms with E-state index in [-0.39, 0.29) is 22.3 Å². The summed E-state index contributed by atoms with van der Waals surface area (Å²) in [6.07, 6.45) is 18.7. The molecular formula is C39H68O4Si2. The van der Waals surface area contributed by atoms with Crippen molar-refractivity contribution >= 4 is 16.4 Å². The van der Waals surface area contributed by atoms with Crippen LogP contribution < -0.4 is 4.74 Å². The molecular weight excluding hydrogens is 589 g/mol. The molecule has 3 atom stereocenters. The zero-order valence-electron chi connectivity index (χ0n) is 31.3. The van der Waals surface area contributed by atoms with Gasteiger partial charge in [0.25, 0.3) is 0 Å². The Labute approximate surface area is 280 Å². The van der Waals surface area contributed by atoms with Crippen LogP contribution in [0, 0.1) is 0 Å². The lowest BCUT2D eigenvalue weighted by Crippen LogP contribution is -2.51. The first kappa shape index (κ1) is 39.7. The first-order valence-electron chi connectivity index (χ1n) is 17.6. The summed E-state index contributed by atoms with van der Waals surface area (Å²) < 4.78 is 25.6. The van der Waals surface area contributed by atoms with E-state index in [1.54, 1.807) is 12.3 Å². The molecule has 0 amide bonds. The monoisotopic (exact) mass is 656 g/mol. The minimum absolute atomic E-state index is 0.0989. The second-order valence-electron chi connectivity index (χ2n) is 16.1. The molecule has 0 unspecified atom stereocenters. The maximum Gasteiger partial charge on any atom is 0.192 e. The molecule has 1 aliphatic rings. The van der Waals surface area contributed by atoms with Gasteiger partial charge in [-0.3, -0.25) is 0 Å². The average molecular weight is 657 g/mol. The summed E-state index contributed by atoms with van der Waals surface area (Å²) in [4.78, 5) is 0. The van der Waals surface area contributed by atoms with Crippen molar-refractivity contribution < 1.29 is 18.6 Å². The van der Waals surface area contributed by atoms with E-state index in [1.165, 1.54) is 44.1 Å². The molecule has 0 radical (unpaired) electrons. The van der Waals surface area contributed by atoms with Gasteiger partial charge in [-0.25, -0.2) is 0 Å². The fraction of sp³-hybridized carbons (Fsp3) is 0.692. The average Bonchev–Trinajstić information content (AvgIpc) is 2.95.